The summed E-state index contributed by atoms with van der Waals surface area (Å²) in [6.07, 6.45) is 0. The molecule has 2 aromatic carbocycles. The van der Waals surface area contributed by atoms with Crippen LogP contribution in [0.25, 0.3) is 20.8 Å². The summed E-state index contributed by atoms with van der Waals surface area (Å²) in [6, 6.07) is 7.67. The van der Waals surface area contributed by atoms with E-state index in [1.54, 1.807) is 18.2 Å². The number of hydrogen-bond donors (Lipinski definition) is 2. The highest BCUT2D eigenvalue weighted by Gasteiger charge is 2.14. The molecule has 0 saturated carbocycles. The Labute approximate surface area is 120 Å². The average molecular weight is 339 g/mol. The number of anilines is 1. The minimum Gasteiger partial charge on any atom is -0.506 e. The number of thiazole rings is 1. The number of phenols is 1. The summed E-state index contributed by atoms with van der Waals surface area (Å²) in [5.74, 6) is -0.227. The third kappa shape index (κ3) is 2.17. The van der Waals surface area contributed by atoms with Gasteiger partial charge >= 0.3 is 0 Å². The molecule has 3 N–H and O–H groups in total. The first-order chi connectivity index (χ1) is 9.04. The number of benzene rings is 2. The summed E-state index contributed by atoms with van der Waals surface area (Å²) in [5, 5.41) is 10.6. The van der Waals surface area contributed by atoms with Gasteiger partial charge < -0.3 is 10.8 Å². The second-order valence-corrected chi connectivity index (χ2v) is 5.91. The zero-order chi connectivity index (χ0) is 13.6. The summed E-state index contributed by atoms with van der Waals surface area (Å²) in [6.45, 7) is 0. The number of nitrogen functional groups attached to an aromatic ring is 1. The average Bonchev–Trinajstić information content (AvgIpc) is 2.76. The molecule has 6 heteroatoms. The highest BCUT2D eigenvalue weighted by Crippen LogP contribution is 2.40. The molecule has 0 amide bonds. The largest absolute Gasteiger partial charge is 0.506 e. The lowest BCUT2D eigenvalue weighted by molar-refractivity contribution is 0.474. The van der Waals surface area contributed by atoms with Crippen molar-refractivity contribution in [1.29, 1.82) is 0 Å². The molecule has 0 saturated heterocycles. The van der Waals surface area contributed by atoms with E-state index in [1.165, 1.54) is 23.5 Å². The van der Waals surface area contributed by atoms with Gasteiger partial charge in [0.1, 0.15) is 16.6 Å². The van der Waals surface area contributed by atoms with Gasteiger partial charge in [0.25, 0.3) is 0 Å². The normalized spacial score (nSPS) is 11.1. The minimum atomic E-state index is -0.305. The van der Waals surface area contributed by atoms with Gasteiger partial charge in [-0.1, -0.05) is 0 Å². The topological polar surface area (TPSA) is 59.1 Å². The highest BCUT2D eigenvalue weighted by molar-refractivity contribution is 9.10. The number of nitrogens with two attached hydrogens (primary N) is 1. The van der Waals surface area contributed by atoms with Crippen LogP contribution in [0.4, 0.5) is 10.1 Å². The van der Waals surface area contributed by atoms with E-state index in [2.05, 4.69) is 20.9 Å². The van der Waals surface area contributed by atoms with Crippen LogP contribution in [0, 0.1) is 5.82 Å². The molecular weight excluding hydrogens is 331 g/mol. The van der Waals surface area contributed by atoms with Crippen molar-refractivity contribution in [2.45, 2.75) is 0 Å². The lowest BCUT2D eigenvalue weighted by Gasteiger charge is -2.04. The zero-order valence-electron chi connectivity index (χ0n) is 9.52. The van der Waals surface area contributed by atoms with Crippen molar-refractivity contribution in [1.82, 2.24) is 4.98 Å². The highest BCUT2D eigenvalue weighted by atomic mass is 79.9. The van der Waals surface area contributed by atoms with Gasteiger partial charge in [0.05, 0.1) is 20.3 Å². The second-order valence-electron chi connectivity index (χ2n) is 4.03. The Kier molecular flexibility index (Phi) is 2.91. The van der Waals surface area contributed by atoms with Crippen LogP contribution in [0.3, 0.4) is 0 Å². The molecule has 0 unspecified atom stereocenters. The monoisotopic (exact) mass is 338 g/mol. The Morgan fingerprint density at radius 3 is 2.84 bits per heavy atom. The smallest absolute Gasteiger partial charge is 0.140 e. The van der Waals surface area contributed by atoms with Crippen LogP contribution < -0.4 is 5.73 Å². The number of rotatable bonds is 1. The molecule has 3 nitrogen and oxygen atoms in total. The van der Waals surface area contributed by atoms with Gasteiger partial charge in [0.15, 0.2) is 0 Å². The first-order valence-electron chi connectivity index (χ1n) is 5.39. The number of hydrogen-bond acceptors (Lipinski definition) is 4. The van der Waals surface area contributed by atoms with Gasteiger partial charge in [0, 0.05) is 5.69 Å². The maximum atomic E-state index is 13.2. The Morgan fingerprint density at radius 1 is 1.26 bits per heavy atom. The third-order valence-corrected chi connectivity index (χ3v) is 4.32. The SMILES string of the molecule is Nc1cc(Br)c(O)c(-c2nc3ccc(F)cc3s2)c1. The molecule has 0 fully saturated rings. The zero-order valence-corrected chi connectivity index (χ0v) is 11.9. The summed E-state index contributed by atoms with van der Waals surface area (Å²) in [5.41, 5.74) is 7.51. The van der Waals surface area contributed by atoms with Crippen LogP contribution in [0.15, 0.2) is 34.8 Å². The van der Waals surface area contributed by atoms with Gasteiger partial charge in [0.2, 0.25) is 0 Å². The van der Waals surface area contributed by atoms with Crippen molar-refractivity contribution in [3.8, 4) is 16.3 Å². The molecule has 1 aromatic heterocycles. The van der Waals surface area contributed by atoms with Crippen LogP contribution in [0.5, 0.6) is 5.75 Å². The molecule has 0 aliphatic rings. The molecule has 0 spiro atoms. The molecule has 0 aliphatic carbocycles. The number of nitrogens with zero attached hydrogens (tertiary/aromatic N) is 1. The quantitative estimate of drug-likeness (QED) is 0.517. The van der Waals surface area contributed by atoms with Crippen molar-refractivity contribution >= 4 is 43.2 Å². The Balaban J connectivity index is 2.24. The van der Waals surface area contributed by atoms with Gasteiger partial charge in [-0.25, -0.2) is 9.37 Å². The van der Waals surface area contributed by atoms with E-state index in [0.717, 1.165) is 4.70 Å². The summed E-state index contributed by atoms with van der Waals surface area (Å²) < 4.78 is 14.4. The van der Waals surface area contributed by atoms with Gasteiger partial charge in [-0.2, -0.15) is 0 Å². The van der Waals surface area contributed by atoms with Crippen LogP contribution in [0.2, 0.25) is 0 Å². The molecule has 0 radical (unpaired) electrons. The van der Waals surface area contributed by atoms with Gasteiger partial charge in [-0.3, -0.25) is 0 Å². The van der Waals surface area contributed by atoms with E-state index in [-0.39, 0.29) is 11.6 Å². The molecule has 96 valence electrons. The molecular formula is C13H8BrFN2OS. The molecule has 1 heterocycles. The fourth-order valence-electron chi connectivity index (χ4n) is 1.80. The first-order valence-corrected chi connectivity index (χ1v) is 7.00. The van der Waals surface area contributed by atoms with E-state index in [0.29, 0.717) is 26.2 Å². The second kappa shape index (κ2) is 4.47. The number of aromatic hydroxyl groups is 1. The first kappa shape index (κ1) is 12.4. The predicted molar refractivity (Wildman–Crippen MR) is 78.8 cm³/mol. The van der Waals surface area contributed by atoms with Crippen LogP contribution in [-0.2, 0) is 0 Å². The number of phenolic OH excluding ortho intramolecular Hbond substituents is 1. The van der Waals surface area contributed by atoms with Crippen LogP contribution in [-0.4, -0.2) is 10.1 Å². The molecule has 19 heavy (non-hydrogen) atoms. The third-order valence-electron chi connectivity index (χ3n) is 2.67. The standard InChI is InChI=1S/C13H8BrFN2OS/c14-9-5-7(16)4-8(12(9)18)13-17-10-2-1-6(15)3-11(10)19-13/h1-5,18H,16H2. The van der Waals surface area contributed by atoms with Crippen LogP contribution >= 0.6 is 27.3 Å². The van der Waals surface area contributed by atoms with E-state index >= 15 is 0 Å². The molecule has 0 aliphatic heterocycles. The molecule has 0 bridgehead atoms. The van der Waals surface area contributed by atoms with Crippen LogP contribution in [0.1, 0.15) is 0 Å². The lowest BCUT2D eigenvalue weighted by Crippen LogP contribution is -1.87. The lowest BCUT2D eigenvalue weighted by atomic mass is 10.2. The fraction of sp³-hybridized carbons (Fsp3) is 0. The van der Waals surface area contributed by atoms with Crippen molar-refractivity contribution in [3.63, 3.8) is 0 Å². The van der Waals surface area contributed by atoms with E-state index in [9.17, 15) is 9.50 Å². The fourth-order valence-corrected chi connectivity index (χ4v) is 3.28. The van der Waals surface area contributed by atoms with Gasteiger partial charge in [-0.15, -0.1) is 11.3 Å². The Hall–Kier alpha value is -1.66. The predicted octanol–water partition coefficient (Wildman–Crippen LogP) is 4.15. The maximum absolute atomic E-state index is 13.2. The maximum Gasteiger partial charge on any atom is 0.140 e. The number of aromatic nitrogens is 1. The van der Waals surface area contributed by atoms with Crippen molar-refractivity contribution < 1.29 is 9.50 Å². The Morgan fingerprint density at radius 2 is 2.05 bits per heavy atom. The van der Waals surface area contributed by atoms with Crippen molar-refractivity contribution in [3.05, 3.63) is 40.6 Å². The molecule has 3 aromatic rings. The van der Waals surface area contributed by atoms with E-state index in [4.69, 9.17) is 5.73 Å². The number of halogens is 2. The summed E-state index contributed by atoms with van der Waals surface area (Å²) >= 11 is 4.55. The molecule has 3 rings (SSSR count). The van der Waals surface area contributed by atoms with Crippen molar-refractivity contribution in [2.24, 2.45) is 0 Å². The van der Waals surface area contributed by atoms with E-state index < -0.39 is 0 Å². The number of fused-ring (bicyclic) bond motifs is 1. The summed E-state index contributed by atoms with van der Waals surface area (Å²) in [4.78, 5) is 4.38. The van der Waals surface area contributed by atoms with Gasteiger partial charge in [-0.05, 0) is 46.3 Å². The minimum absolute atomic E-state index is 0.0775. The van der Waals surface area contributed by atoms with E-state index in [1.807, 2.05) is 0 Å². The Bertz CT molecular complexity index is 788. The molecule has 0 atom stereocenters. The van der Waals surface area contributed by atoms with Crippen molar-refractivity contribution in [2.75, 3.05) is 5.73 Å². The summed E-state index contributed by atoms with van der Waals surface area (Å²) in [7, 11) is 0.